The van der Waals surface area contributed by atoms with E-state index in [2.05, 4.69) is 6.07 Å². The van der Waals surface area contributed by atoms with Crippen LogP contribution in [0.1, 0.15) is 50.3 Å². The first-order chi connectivity index (χ1) is 16.0. The van der Waals surface area contributed by atoms with E-state index >= 15 is 0 Å². The Morgan fingerprint density at radius 2 is 1.88 bits per heavy atom. The highest BCUT2D eigenvalue weighted by molar-refractivity contribution is 6.30. The smallest absolute Gasteiger partial charge is 0.426 e. The molecule has 0 radical (unpaired) electrons. The van der Waals surface area contributed by atoms with Gasteiger partial charge in [-0.15, -0.1) is 0 Å². The number of hydrogen-bond donors (Lipinski definition) is 0. The molecule has 7 heteroatoms. The lowest BCUT2D eigenvalue weighted by molar-refractivity contribution is -0.147. The molecule has 0 saturated heterocycles. The average Bonchev–Trinajstić information content (AvgIpc) is 3.30. The highest BCUT2D eigenvalue weighted by Crippen LogP contribution is 2.62. The second-order valence-corrected chi connectivity index (χ2v) is 9.65. The van der Waals surface area contributed by atoms with Crippen molar-refractivity contribution in [2.75, 3.05) is 0 Å². The fourth-order valence-electron chi connectivity index (χ4n) is 4.61. The van der Waals surface area contributed by atoms with Gasteiger partial charge in [0.2, 0.25) is 6.10 Å². The molecule has 3 rings (SSSR count). The molecule has 180 valence electrons. The van der Waals surface area contributed by atoms with Gasteiger partial charge in [0.1, 0.15) is 11.1 Å². The average molecular weight is 490 g/mol. The Hall–Kier alpha value is -2.78. The molecule has 0 N–H and O–H groups in total. The maximum Gasteiger partial charge on any atom is 0.426 e. The summed E-state index contributed by atoms with van der Waals surface area (Å²) in [6.45, 7) is 5.68. The van der Waals surface area contributed by atoms with Crippen molar-refractivity contribution in [3.8, 4) is 17.2 Å². The number of benzene rings is 2. The van der Waals surface area contributed by atoms with Crippen molar-refractivity contribution >= 4 is 17.6 Å². The quantitative estimate of drug-likeness (QED) is 0.354. The summed E-state index contributed by atoms with van der Waals surface area (Å²) in [4.78, 5) is 12.5. The van der Waals surface area contributed by atoms with Crippen LogP contribution < -0.4 is 0 Å². The van der Waals surface area contributed by atoms with Gasteiger partial charge in [0.15, 0.2) is 0 Å². The Balaban J connectivity index is 1.59. The number of nitriles is 1. The largest absolute Gasteiger partial charge is 0.442 e. The fraction of sp³-hybridized carbons (Fsp3) is 0.407. The number of ether oxygens (including phenoxy) is 1. The third kappa shape index (κ3) is 5.82. The van der Waals surface area contributed by atoms with Crippen LogP contribution in [0.25, 0.3) is 11.1 Å². The first-order valence-electron chi connectivity index (χ1n) is 11.2. The third-order valence-corrected chi connectivity index (χ3v) is 7.08. The summed E-state index contributed by atoms with van der Waals surface area (Å²) < 4.78 is 43.7. The Bertz CT molecular complexity index is 1100. The topological polar surface area (TPSA) is 50.1 Å². The number of allylic oxidation sites excluding steroid dienone is 2. The molecule has 1 fully saturated rings. The Labute approximate surface area is 203 Å². The van der Waals surface area contributed by atoms with Crippen molar-refractivity contribution in [3.05, 3.63) is 70.8 Å². The Morgan fingerprint density at radius 3 is 2.50 bits per heavy atom. The maximum absolute atomic E-state index is 12.7. The summed E-state index contributed by atoms with van der Waals surface area (Å²) in [6.07, 6.45) is -3.37. The molecule has 0 spiro atoms. The SMILES string of the molecule is Cc1c(-c2ccccc2)cccc1C(C#N)OC(=O)CCCC1C(C=C(Cl)C(F)(F)F)C1(C)C. The van der Waals surface area contributed by atoms with E-state index in [9.17, 15) is 23.2 Å². The fourth-order valence-corrected chi connectivity index (χ4v) is 4.74. The highest BCUT2D eigenvalue weighted by Gasteiger charge is 2.56. The van der Waals surface area contributed by atoms with E-state index in [1.165, 1.54) is 0 Å². The number of carbonyl (C=O) groups excluding carboxylic acids is 1. The second-order valence-electron chi connectivity index (χ2n) is 9.24. The number of esters is 1. The van der Waals surface area contributed by atoms with E-state index in [1.54, 1.807) is 6.07 Å². The van der Waals surface area contributed by atoms with Crippen LogP contribution in [0.15, 0.2) is 59.6 Å². The first-order valence-corrected chi connectivity index (χ1v) is 11.5. The summed E-state index contributed by atoms with van der Waals surface area (Å²) in [5.41, 5.74) is 3.16. The predicted octanol–water partition coefficient (Wildman–Crippen LogP) is 7.90. The van der Waals surface area contributed by atoms with E-state index in [4.69, 9.17) is 16.3 Å². The molecule has 0 bridgehead atoms. The molecule has 3 unspecified atom stereocenters. The third-order valence-electron chi connectivity index (χ3n) is 6.74. The van der Waals surface area contributed by atoms with Crippen LogP contribution in [0.5, 0.6) is 0 Å². The van der Waals surface area contributed by atoms with Crippen molar-refractivity contribution < 1.29 is 22.7 Å². The van der Waals surface area contributed by atoms with E-state index in [0.717, 1.165) is 22.8 Å². The van der Waals surface area contributed by atoms with Crippen molar-refractivity contribution in [1.82, 2.24) is 0 Å². The summed E-state index contributed by atoms with van der Waals surface area (Å²) in [7, 11) is 0. The zero-order chi connectivity index (χ0) is 25.1. The van der Waals surface area contributed by atoms with Crippen molar-refractivity contribution in [3.63, 3.8) is 0 Å². The Kier molecular flexibility index (Phi) is 7.77. The molecule has 34 heavy (non-hydrogen) atoms. The van der Waals surface area contributed by atoms with Crippen LogP contribution in [0.3, 0.4) is 0 Å². The van der Waals surface area contributed by atoms with Gasteiger partial charge in [0.05, 0.1) is 0 Å². The van der Waals surface area contributed by atoms with E-state index in [0.29, 0.717) is 18.4 Å². The molecular weight excluding hydrogens is 463 g/mol. The van der Waals surface area contributed by atoms with Gasteiger partial charge in [-0.25, -0.2) is 0 Å². The monoisotopic (exact) mass is 489 g/mol. The minimum Gasteiger partial charge on any atom is -0.442 e. The van der Waals surface area contributed by atoms with Gasteiger partial charge < -0.3 is 4.74 Å². The summed E-state index contributed by atoms with van der Waals surface area (Å²) >= 11 is 5.39. The molecule has 1 aliphatic carbocycles. The molecule has 3 nitrogen and oxygen atoms in total. The highest BCUT2D eigenvalue weighted by atomic mass is 35.5. The van der Waals surface area contributed by atoms with Gasteiger partial charge in [0.25, 0.3) is 0 Å². The summed E-state index contributed by atoms with van der Waals surface area (Å²) in [6, 6.07) is 17.4. The zero-order valence-corrected chi connectivity index (χ0v) is 20.1. The van der Waals surface area contributed by atoms with Crippen molar-refractivity contribution in [2.24, 2.45) is 17.3 Å². The van der Waals surface area contributed by atoms with Crippen LogP contribution in [0, 0.1) is 35.5 Å². The van der Waals surface area contributed by atoms with Crippen molar-refractivity contribution in [2.45, 2.75) is 52.3 Å². The van der Waals surface area contributed by atoms with Crippen molar-refractivity contribution in [1.29, 1.82) is 5.26 Å². The van der Waals surface area contributed by atoms with Gasteiger partial charge in [0, 0.05) is 12.0 Å². The van der Waals surface area contributed by atoms with Gasteiger partial charge in [-0.05, 0) is 53.7 Å². The molecule has 0 amide bonds. The molecule has 3 atom stereocenters. The van der Waals surface area contributed by atoms with E-state index < -0.39 is 23.3 Å². The number of rotatable bonds is 8. The minimum atomic E-state index is -4.54. The molecule has 1 aliphatic rings. The standard InChI is InChI=1S/C27H27ClF3NO2/c1-17-19(18-9-5-4-6-10-18)11-7-12-20(17)23(16-32)34-25(33)14-8-13-21-22(26(21,2)3)15-24(28)27(29,30)31/h4-7,9-12,15,21-23H,8,13-14H2,1-3H3. The second kappa shape index (κ2) is 10.2. The van der Waals surface area contributed by atoms with Crippen LogP contribution in [0.2, 0.25) is 0 Å². The number of halogens is 4. The van der Waals surface area contributed by atoms with Crippen LogP contribution in [-0.2, 0) is 9.53 Å². The lowest BCUT2D eigenvalue weighted by atomic mass is 9.94. The van der Waals surface area contributed by atoms with Gasteiger partial charge >= 0.3 is 12.1 Å². The van der Waals surface area contributed by atoms with E-state index in [1.807, 2.05) is 63.2 Å². The first kappa shape index (κ1) is 25.8. The number of nitrogens with zero attached hydrogens (tertiary/aromatic N) is 1. The molecule has 0 aliphatic heterocycles. The lowest BCUT2D eigenvalue weighted by Gasteiger charge is -2.16. The number of carbonyl (C=O) groups is 1. The van der Waals surface area contributed by atoms with Gasteiger partial charge in [-0.2, -0.15) is 18.4 Å². The normalized spacial score (nSPS) is 20.4. The summed E-state index contributed by atoms with van der Waals surface area (Å²) in [5.74, 6) is -0.782. The molecule has 2 aromatic rings. The lowest BCUT2D eigenvalue weighted by Crippen LogP contribution is -2.11. The zero-order valence-electron chi connectivity index (χ0n) is 19.3. The van der Waals surface area contributed by atoms with Crippen LogP contribution in [-0.4, -0.2) is 12.1 Å². The molecular formula is C27H27ClF3NO2. The molecule has 0 aromatic heterocycles. The van der Waals surface area contributed by atoms with Gasteiger partial charge in [-0.1, -0.05) is 80.1 Å². The van der Waals surface area contributed by atoms with Crippen LogP contribution in [0.4, 0.5) is 13.2 Å². The Morgan fingerprint density at radius 1 is 1.21 bits per heavy atom. The minimum absolute atomic E-state index is 0.00737. The number of hydrogen-bond acceptors (Lipinski definition) is 3. The van der Waals surface area contributed by atoms with Crippen LogP contribution >= 0.6 is 11.6 Å². The van der Waals surface area contributed by atoms with E-state index in [-0.39, 0.29) is 23.7 Å². The maximum atomic E-state index is 12.7. The number of alkyl halides is 3. The molecule has 2 aromatic carbocycles. The predicted molar refractivity (Wildman–Crippen MR) is 126 cm³/mol. The molecule has 0 heterocycles. The summed E-state index contributed by atoms with van der Waals surface area (Å²) in [5, 5.41) is 8.55. The molecule has 1 saturated carbocycles. The van der Waals surface area contributed by atoms with Gasteiger partial charge in [-0.3, -0.25) is 4.79 Å².